The third kappa shape index (κ3) is 4.04. The van der Waals surface area contributed by atoms with Crippen molar-refractivity contribution in [2.45, 2.75) is 38.1 Å². The summed E-state index contributed by atoms with van der Waals surface area (Å²) in [6.07, 6.45) is 0.741. The van der Waals surface area contributed by atoms with E-state index < -0.39 is 11.9 Å². The van der Waals surface area contributed by atoms with E-state index in [0.29, 0.717) is 30.2 Å². The van der Waals surface area contributed by atoms with Crippen molar-refractivity contribution in [1.82, 2.24) is 30.1 Å². The van der Waals surface area contributed by atoms with Crippen LogP contribution in [0.4, 0.5) is 19.0 Å². The number of H-pyrrole nitrogens is 1. The topological polar surface area (TPSA) is 130 Å². The molecular formula is C26H23F3N8O. The van der Waals surface area contributed by atoms with Gasteiger partial charge in [-0.15, -0.1) is 0 Å². The third-order valence-electron chi connectivity index (χ3n) is 7.48. The van der Waals surface area contributed by atoms with Gasteiger partial charge in [0, 0.05) is 37.2 Å². The number of aromatic amines is 1. The lowest BCUT2D eigenvalue weighted by atomic mass is 9.73. The Kier molecular flexibility index (Phi) is 5.77. The second-order valence-electron chi connectivity index (χ2n) is 9.61. The monoisotopic (exact) mass is 520 g/mol. The fraction of sp³-hybridized carbons (Fsp3) is 0.346. The summed E-state index contributed by atoms with van der Waals surface area (Å²) in [5.41, 5.74) is 8.50. The Balaban J connectivity index is 1.27. The molecule has 1 atom stereocenters. The largest absolute Gasteiger partial charge is 0.434 e. The summed E-state index contributed by atoms with van der Waals surface area (Å²) in [4.78, 5) is 19.2. The number of hydrogen-bond donors (Lipinski definition) is 3. The van der Waals surface area contributed by atoms with Gasteiger partial charge >= 0.3 is 6.18 Å². The Hall–Kier alpha value is -4.08. The van der Waals surface area contributed by atoms with E-state index in [1.165, 1.54) is 12.1 Å². The summed E-state index contributed by atoms with van der Waals surface area (Å²) in [7, 11) is 0. The third-order valence-corrected chi connectivity index (χ3v) is 7.48. The second-order valence-corrected chi connectivity index (χ2v) is 9.61. The van der Waals surface area contributed by atoms with Crippen molar-refractivity contribution in [2.75, 3.05) is 18.0 Å². The molecule has 12 heteroatoms. The number of nitrogens with two attached hydrogens (primary N) is 1. The molecule has 1 aliphatic carbocycles. The molecule has 0 bridgehead atoms. The summed E-state index contributed by atoms with van der Waals surface area (Å²) >= 11 is 0. The van der Waals surface area contributed by atoms with E-state index in [2.05, 4.69) is 46.9 Å². The summed E-state index contributed by atoms with van der Waals surface area (Å²) in [6, 6.07) is 6.52. The highest BCUT2D eigenvalue weighted by atomic mass is 19.4. The van der Waals surface area contributed by atoms with Gasteiger partial charge < -0.3 is 15.7 Å². The maximum absolute atomic E-state index is 13.3. The first-order valence-corrected chi connectivity index (χ1v) is 12.1. The Morgan fingerprint density at radius 2 is 1.87 bits per heavy atom. The summed E-state index contributed by atoms with van der Waals surface area (Å²) in [5.74, 6) is 5.67. The molecule has 1 aliphatic heterocycles. The van der Waals surface area contributed by atoms with Crippen molar-refractivity contribution in [3.05, 3.63) is 70.6 Å². The molecule has 2 aliphatic rings. The van der Waals surface area contributed by atoms with Crippen molar-refractivity contribution in [3.8, 4) is 11.8 Å². The zero-order chi connectivity index (χ0) is 26.5. The minimum atomic E-state index is -4.63. The lowest BCUT2D eigenvalue weighted by molar-refractivity contribution is -0.141. The average Bonchev–Trinajstić information content (AvgIpc) is 3.44. The van der Waals surface area contributed by atoms with Gasteiger partial charge in [0.1, 0.15) is 11.2 Å². The number of piperidine rings is 1. The maximum atomic E-state index is 13.3. The maximum Gasteiger partial charge on any atom is 0.434 e. The van der Waals surface area contributed by atoms with Gasteiger partial charge in [0.25, 0.3) is 0 Å². The standard InChI is InChI=1S/C26H23F3N8O/c27-26(28,29)22-15(3-1-10-32-22)5-6-17-20-23(36-35-17)34-24(19(14-38)33-20)37-11-7-25(8-12-37)13-18-16(21(25)30)4-2-9-31-18/h1-4,9-10,21,38H,7-8,11-14,30H2,(H,34,35,36)/t21-/m1/s1. The molecule has 1 saturated heterocycles. The first kappa shape index (κ1) is 24.3. The van der Waals surface area contributed by atoms with Gasteiger partial charge in [-0.3, -0.25) is 15.1 Å². The molecule has 0 unspecified atom stereocenters. The highest BCUT2D eigenvalue weighted by molar-refractivity contribution is 5.78. The molecule has 0 saturated carbocycles. The number of alkyl halides is 3. The molecule has 9 nitrogen and oxygen atoms in total. The molecule has 0 radical (unpaired) electrons. The Labute approximate surface area is 215 Å². The van der Waals surface area contributed by atoms with Gasteiger partial charge in [-0.25, -0.2) is 9.97 Å². The quantitative estimate of drug-likeness (QED) is 0.344. The van der Waals surface area contributed by atoms with Crippen molar-refractivity contribution < 1.29 is 18.3 Å². The van der Waals surface area contributed by atoms with Crippen LogP contribution in [0.3, 0.4) is 0 Å². The fourth-order valence-electron chi connectivity index (χ4n) is 5.48. The van der Waals surface area contributed by atoms with Crippen LogP contribution in [0.15, 0.2) is 36.7 Å². The Morgan fingerprint density at radius 1 is 1.11 bits per heavy atom. The molecule has 4 aromatic rings. The van der Waals surface area contributed by atoms with Crippen LogP contribution in [0.1, 0.15) is 52.8 Å². The van der Waals surface area contributed by atoms with Crippen LogP contribution in [0, 0.1) is 17.3 Å². The number of aliphatic hydroxyl groups is 1. The number of halogens is 3. The van der Waals surface area contributed by atoms with Crippen LogP contribution in [0.25, 0.3) is 11.2 Å². The number of hydrogen-bond acceptors (Lipinski definition) is 8. The number of fused-ring (bicyclic) bond motifs is 2. The van der Waals surface area contributed by atoms with Crippen LogP contribution in [0.5, 0.6) is 0 Å². The highest BCUT2D eigenvalue weighted by Crippen LogP contribution is 2.50. The first-order valence-electron chi connectivity index (χ1n) is 12.1. The van der Waals surface area contributed by atoms with Gasteiger partial charge in [-0.2, -0.15) is 18.3 Å². The molecule has 6 rings (SSSR count). The van der Waals surface area contributed by atoms with E-state index in [1.54, 1.807) is 6.20 Å². The van der Waals surface area contributed by atoms with Gasteiger partial charge in [0.15, 0.2) is 22.9 Å². The fourth-order valence-corrected chi connectivity index (χ4v) is 5.48. The zero-order valence-electron chi connectivity index (χ0n) is 20.1. The molecule has 1 spiro atoms. The van der Waals surface area contributed by atoms with Crippen LogP contribution >= 0.6 is 0 Å². The minimum absolute atomic E-state index is 0.0671. The predicted molar refractivity (Wildman–Crippen MR) is 132 cm³/mol. The summed E-state index contributed by atoms with van der Waals surface area (Å²) in [6.45, 7) is 0.988. The van der Waals surface area contributed by atoms with Crippen LogP contribution in [0.2, 0.25) is 0 Å². The van der Waals surface area contributed by atoms with E-state index in [-0.39, 0.29) is 34.8 Å². The molecule has 5 heterocycles. The SMILES string of the molecule is N[C@@H]1c2cccnc2CC12CCN(c1nc3[nH]nc(C#Cc4cccnc4C(F)(F)F)c3nc1CO)CC2. The summed E-state index contributed by atoms with van der Waals surface area (Å²) < 4.78 is 39.8. The van der Waals surface area contributed by atoms with Crippen molar-refractivity contribution >= 4 is 17.0 Å². The highest BCUT2D eigenvalue weighted by Gasteiger charge is 2.47. The average molecular weight is 521 g/mol. The van der Waals surface area contributed by atoms with Gasteiger partial charge in [0.05, 0.1) is 12.2 Å². The Morgan fingerprint density at radius 3 is 2.61 bits per heavy atom. The van der Waals surface area contributed by atoms with Crippen LogP contribution in [-0.4, -0.2) is 48.3 Å². The van der Waals surface area contributed by atoms with E-state index in [0.717, 1.165) is 36.7 Å². The summed E-state index contributed by atoms with van der Waals surface area (Å²) in [5, 5.41) is 17.0. The normalized spacial score (nSPS) is 18.4. The molecule has 4 aromatic heterocycles. The van der Waals surface area contributed by atoms with Crippen LogP contribution in [-0.2, 0) is 19.2 Å². The van der Waals surface area contributed by atoms with Crippen molar-refractivity contribution in [2.24, 2.45) is 11.1 Å². The number of aromatic nitrogens is 6. The lowest BCUT2D eigenvalue weighted by Gasteiger charge is -2.42. The Bertz CT molecular complexity index is 1580. The number of anilines is 1. The first-order chi connectivity index (χ1) is 18.3. The molecule has 4 N–H and O–H groups in total. The predicted octanol–water partition coefficient (Wildman–Crippen LogP) is 2.90. The number of nitrogens with one attached hydrogen (secondary N) is 1. The van der Waals surface area contributed by atoms with E-state index in [9.17, 15) is 18.3 Å². The molecule has 0 amide bonds. The van der Waals surface area contributed by atoms with E-state index in [1.807, 2.05) is 12.1 Å². The number of pyridine rings is 2. The van der Waals surface area contributed by atoms with Gasteiger partial charge in [-0.1, -0.05) is 12.0 Å². The van der Waals surface area contributed by atoms with Crippen LogP contribution < -0.4 is 10.6 Å². The molecule has 1 fully saturated rings. The second kappa shape index (κ2) is 9.04. The van der Waals surface area contributed by atoms with E-state index in [4.69, 9.17) is 5.73 Å². The zero-order valence-corrected chi connectivity index (χ0v) is 20.1. The number of rotatable bonds is 2. The number of aliphatic hydroxyl groups excluding tert-OH is 1. The minimum Gasteiger partial charge on any atom is -0.390 e. The van der Waals surface area contributed by atoms with Gasteiger partial charge in [-0.05, 0) is 54.4 Å². The van der Waals surface area contributed by atoms with Gasteiger partial charge in [0.2, 0.25) is 0 Å². The lowest BCUT2D eigenvalue weighted by Crippen LogP contribution is -2.45. The molecular weight excluding hydrogens is 497 g/mol. The molecule has 194 valence electrons. The van der Waals surface area contributed by atoms with Crippen molar-refractivity contribution in [1.29, 1.82) is 0 Å². The smallest absolute Gasteiger partial charge is 0.390 e. The number of nitrogens with zero attached hydrogens (tertiary/aromatic N) is 6. The molecule has 0 aromatic carbocycles. The van der Waals surface area contributed by atoms with Crippen molar-refractivity contribution in [3.63, 3.8) is 0 Å². The van der Waals surface area contributed by atoms with E-state index >= 15 is 0 Å². The molecule has 38 heavy (non-hydrogen) atoms.